The van der Waals surface area contributed by atoms with Gasteiger partial charge in [0.05, 0.1) is 0 Å². The summed E-state index contributed by atoms with van der Waals surface area (Å²) in [7, 11) is 0. The van der Waals surface area contributed by atoms with Gasteiger partial charge in [0.25, 0.3) is 0 Å². The zero-order valence-electron chi connectivity index (χ0n) is 7.19. The van der Waals surface area contributed by atoms with Crippen LogP contribution in [0.1, 0.15) is 46.0 Å². The van der Waals surface area contributed by atoms with Crippen LogP contribution in [0.3, 0.4) is 0 Å². The molecule has 1 atom stereocenters. The van der Waals surface area contributed by atoms with Crippen LogP contribution in [0, 0.1) is 5.92 Å². The van der Waals surface area contributed by atoms with E-state index in [0.717, 1.165) is 5.92 Å². The minimum Gasteiger partial charge on any atom is -0.0851 e. The summed E-state index contributed by atoms with van der Waals surface area (Å²) in [5.41, 5.74) is 1.72. The average molecular weight is 138 g/mol. The summed E-state index contributed by atoms with van der Waals surface area (Å²) >= 11 is 0. The number of hydrogen-bond donors (Lipinski definition) is 0. The Bertz CT molecular complexity index is 122. The lowest BCUT2D eigenvalue weighted by Gasteiger charge is -2.19. The van der Waals surface area contributed by atoms with E-state index in [1.165, 1.54) is 32.1 Å². The van der Waals surface area contributed by atoms with E-state index in [0.29, 0.717) is 0 Å². The van der Waals surface area contributed by atoms with Crippen molar-refractivity contribution in [3.05, 3.63) is 11.6 Å². The Morgan fingerprint density at radius 1 is 1.60 bits per heavy atom. The second-order valence-corrected chi connectivity index (χ2v) is 3.36. The number of hydrogen-bond acceptors (Lipinski definition) is 0. The molecule has 1 aliphatic carbocycles. The lowest BCUT2D eigenvalue weighted by Crippen LogP contribution is -2.03. The van der Waals surface area contributed by atoms with E-state index in [1.54, 1.807) is 5.57 Å². The van der Waals surface area contributed by atoms with E-state index in [-0.39, 0.29) is 0 Å². The van der Waals surface area contributed by atoms with Crippen molar-refractivity contribution in [2.24, 2.45) is 5.92 Å². The van der Waals surface area contributed by atoms with Crippen molar-refractivity contribution in [1.29, 1.82) is 0 Å². The van der Waals surface area contributed by atoms with Crippen LogP contribution < -0.4 is 0 Å². The standard InChI is InChI=1S/C10H18/c1-3-6-10-8-5-4-7-9(10)2/h8-9H,3-7H2,1-2H3. The van der Waals surface area contributed by atoms with Crippen LogP contribution >= 0.6 is 0 Å². The molecular formula is C10H18. The molecule has 0 aromatic carbocycles. The lowest BCUT2D eigenvalue weighted by atomic mass is 9.87. The van der Waals surface area contributed by atoms with Crippen LogP contribution in [0.4, 0.5) is 0 Å². The van der Waals surface area contributed by atoms with E-state index in [9.17, 15) is 0 Å². The van der Waals surface area contributed by atoms with Gasteiger partial charge >= 0.3 is 0 Å². The van der Waals surface area contributed by atoms with Crippen LogP contribution in [0.2, 0.25) is 0 Å². The summed E-state index contributed by atoms with van der Waals surface area (Å²) in [6.07, 6.45) is 9.27. The van der Waals surface area contributed by atoms with E-state index in [2.05, 4.69) is 19.9 Å². The third-order valence-corrected chi connectivity index (χ3v) is 2.42. The molecule has 0 nitrogen and oxygen atoms in total. The molecule has 0 spiro atoms. The maximum atomic E-state index is 2.46. The quantitative estimate of drug-likeness (QED) is 0.512. The Kier molecular flexibility index (Phi) is 2.98. The van der Waals surface area contributed by atoms with Crippen molar-refractivity contribution >= 4 is 0 Å². The van der Waals surface area contributed by atoms with Crippen LogP contribution in [0.5, 0.6) is 0 Å². The first-order valence-corrected chi connectivity index (χ1v) is 4.53. The van der Waals surface area contributed by atoms with Gasteiger partial charge in [-0.05, 0) is 31.6 Å². The van der Waals surface area contributed by atoms with Gasteiger partial charge in [-0.25, -0.2) is 0 Å². The van der Waals surface area contributed by atoms with Gasteiger partial charge in [0, 0.05) is 0 Å². The number of rotatable bonds is 2. The second kappa shape index (κ2) is 3.80. The highest BCUT2D eigenvalue weighted by molar-refractivity contribution is 5.08. The highest BCUT2D eigenvalue weighted by Crippen LogP contribution is 2.26. The molecule has 0 N–H and O–H groups in total. The third kappa shape index (κ3) is 1.86. The molecule has 0 heteroatoms. The maximum Gasteiger partial charge on any atom is -0.0232 e. The minimum absolute atomic E-state index is 0.883. The molecule has 0 saturated heterocycles. The van der Waals surface area contributed by atoms with Crippen LogP contribution in [0.15, 0.2) is 11.6 Å². The summed E-state index contributed by atoms with van der Waals surface area (Å²) in [6.45, 7) is 4.63. The molecule has 0 aromatic rings. The van der Waals surface area contributed by atoms with Crippen molar-refractivity contribution in [3.63, 3.8) is 0 Å². The molecule has 0 fully saturated rings. The maximum absolute atomic E-state index is 2.46. The molecule has 0 aliphatic heterocycles. The molecule has 1 unspecified atom stereocenters. The minimum atomic E-state index is 0.883. The Hall–Kier alpha value is -0.260. The first-order chi connectivity index (χ1) is 4.84. The Morgan fingerprint density at radius 3 is 3.00 bits per heavy atom. The van der Waals surface area contributed by atoms with Gasteiger partial charge in [-0.2, -0.15) is 0 Å². The zero-order valence-corrected chi connectivity index (χ0v) is 7.19. The van der Waals surface area contributed by atoms with Crippen molar-refractivity contribution in [2.75, 3.05) is 0 Å². The molecule has 0 radical (unpaired) electrons. The Labute approximate surface area is 64.3 Å². The van der Waals surface area contributed by atoms with E-state index >= 15 is 0 Å². The fraction of sp³-hybridized carbons (Fsp3) is 0.800. The zero-order chi connectivity index (χ0) is 7.40. The molecule has 1 rings (SSSR count). The van der Waals surface area contributed by atoms with Gasteiger partial charge in [-0.3, -0.25) is 0 Å². The van der Waals surface area contributed by atoms with Gasteiger partial charge in [0.1, 0.15) is 0 Å². The Balaban J connectivity index is 2.44. The molecule has 0 saturated carbocycles. The van der Waals surface area contributed by atoms with Gasteiger partial charge < -0.3 is 0 Å². The van der Waals surface area contributed by atoms with Gasteiger partial charge in [-0.15, -0.1) is 0 Å². The molecular weight excluding hydrogens is 120 g/mol. The summed E-state index contributed by atoms with van der Waals surface area (Å²) < 4.78 is 0. The van der Waals surface area contributed by atoms with Crippen LogP contribution in [-0.4, -0.2) is 0 Å². The Morgan fingerprint density at radius 2 is 2.40 bits per heavy atom. The van der Waals surface area contributed by atoms with Gasteiger partial charge in [0.15, 0.2) is 0 Å². The largest absolute Gasteiger partial charge is 0.0851 e. The van der Waals surface area contributed by atoms with E-state index in [1.807, 2.05) is 0 Å². The number of allylic oxidation sites excluding steroid dienone is 2. The van der Waals surface area contributed by atoms with Crippen molar-refractivity contribution in [3.8, 4) is 0 Å². The van der Waals surface area contributed by atoms with Crippen molar-refractivity contribution in [2.45, 2.75) is 46.0 Å². The highest BCUT2D eigenvalue weighted by Gasteiger charge is 2.10. The molecule has 0 aromatic heterocycles. The van der Waals surface area contributed by atoms with Crippen LogP contribution in [-0.2, 0) is 0 Å². The molecule has 0 heterocycles. The summed E-state index contributed by atoms with van der Waals surface area (Å²) in [4.78, 5) is 0. The molecule has 0 amide bonds. The highest BCUT2D eigenvalue weighted by atomic mass is 14.2. The van der Waals surface area contributed by atoms with Gasteiger partial charge in [-0.1, -0.05) is 31.9 Å². The van der Waals surface area contributed by atoms with Crippen LogP contribution in [0.25, 0.3) is 0 Å². The normalized spacial score (nSPS) is 26.2. The summed E-state index contributed by atoms with van der Waals surface area (Å²) in [6, 6.07) is 0. The molecule has 58 valence electrons. The van der Waals surface area contributed by atoms with Gasteiger partial charge in [0.2, 0.25) is 0 Å². The van der Waals surface area contributed by atoms with Crippen molar-refractivity contribution < 1.29 is 0 Å². The monoisotopic (exact) mass is 138 g/mol. The topological polar surface area (TPSA) is 0 Å². The molecule has 1 aliphatic rings. The smallest absolute Gasteiger partial charge is 0.0232 e. The first-order valence-electron chi connectivity index (χ1n) is 4.53. The fourth-order valence-corrected chi connectivity index (χ4v) is 1.74. The summed E-state index contributed by atoms with van der Waals surface area (Å²) in [5, 5.41) is 0. The predicted octanol–water partition coefficient (Wildman–Crippen LogP) is 3.53. The summed E-state index contributed by atoms with van der Waals surface area (Å²) in [5.74, 6) is 0.883. The first kappa shape index (κ1) is 7.84. The lowest BCUT2D eigenvalue weighted by molar-refractivity contribution is 0.529. The second-order valence-electron chi connectivity index (χ2n) is 3.36. The van der Waals surface area contributed by atoms with E-state index < -0.39 is 0 Å². The SMILES string of the molecule is CCCC1=CCCCC1C. The third-order valence-electron chi connectivity index (χ3n) is 2.42. The fourth-order valence-electron chi connectivity index (χ4n) is 1.74. The van der Waals surface area contributed by atoms with Crippen molar-refractivity contribution in [1.82, 2.24) is 0 Å². The van der Waals surface area contributed by atoms with E-state index in [4.69, 9.17) is 0 Å². The molecule has 0 bridgehead atoms. The predicted molar refractivity (Wildman–Crippen MR) is 46.0 cm³/mol. The average Bonchev–Trinajstić information content (AvgIpc) is 1.94. The molecule has 10 heavy (non-hydrogen) atoms.